The Balaban J connectivity index is 1.68. The lowest BCUT2D eigenvalue weighted by Gasteiger charge is -2.46. The number of benzene rings is 3. The lowest BCUT2D eigenvalue weighted by molar-refractivity contribution is -0.223. The van der Waals surface area contributed by atoms with Crippen LogP contribution in [0, 0.1) is 0 Å². The van der Waals surface area contributed by atoms with Crippen LogP contribution < -0.4 is 5.32 Å². The van der Waals surface area contributed by atoms with Crippen molar-refractivity contribution >= 4 is 28.0 Å². The van der Waals surface area contributed by atoms with E-state index in [1.807, 2.05) is 0 Å². The third-order valence-electron chi connectivity index (χ3n) is 6.19. The maximum absolute atomic E-state index is 13.0. The largest absolute Gasteiger partial charge is 0.748 e. The lowest BCUT2D eigenvalue weighted by Crippen LogP contribution is -2.67. The fourth-order valence-corrected chi connectivity index (χ4v) is 5.36. The molecule has 0 spiro atoms. The van der Waals surface area contributed by atoms with E-state index in [9.17, 15) is 27.4 Å². The Kier molecular flexibility index (Phi) is 9.27. The Morgan fingerprint density at radius 1 is 0.825 bits per heavy atom. The predicted octanol–water partition coefficient (Wildman–Crippen LogP) is 2.15. The Bertz CT molecular complexity index is 1420. The first-order valence-electron chi connectivity index (χ1n) is 12.2. The number of hydrogen-bond acceptors (Lipinski definition) is 10. The van der Waals surface area contributed by atoms with Crippen LogP contribution in [0.25, 0.3) is 0 Å². The third-order valence-corrected chi connectivity index (χ3v) is 7.42. The molecule has 210 valence electrons. The van der Waals surface area contributed by atoms with E-state index in [0.29, 0.717) is 0 Å². The van der Waals surface area contributed by atoms with Crippen LogP contribution in [0.1, 0.15) is 31.1 Å². The molecule has 1 N–H and O–H groups in total. The zero-order chi connectivity index (χ0) is 28.7. The van der Waals surface area contributed by atoms with E-state index < -0.39 is 64.4 Å². The standard InChI is InChI=1S/C28H27NO10S/c1-36-28-22(29-25(30)18-11-5-2-6-12-18)23(39-27(32)20-15-9-4-10-16-20)24(40(33,34)35)21(38-28)17-37-26(31)19-13-7-3-8-14-19/h2-16,21-24,28H,17H2,1H3,(H,29,30)(H,33,34,35)/p-1/t21-,22-,23-,24+,28+/m1/s1. The summed E-state index contributed by atoms with van der Waals surface area (Å²) in [6, 6.07) is 22.1. The van der Waals surface area contributed by atoms with Gasteiger partial charge in [-0.3, -0.25) is 4.79 Å². The van der Waals surface area contributed by atoms with Crippen LogP contribution in [0.5, 0.6) is 0 Å². The topological polar surface area (TPSA) is 157 Å². The lowest BCUT2D eigenvalue weighted by atomic mass is 9.98. The molecular formula is C28H26NO10S-. The van der Waals surface area contributed by atoms with Crippen molar-refractivity contribution in [3.8, 4) is 0 Å². The Morgan fingerprint density at radius 2 is 1.32 bits per heavy atom. The number of hydrogen-bond donors (Lipinski definition) is 1. The molecule has 0 unspecified atom stereocenters. The molecule has 40 heavy (non-hydrogen) atoms. The number of nitrogens with one attached hydrogen (secondary N) is 1. The third kappa shape index (κ3) is 6.90. The van der Waals surface area contributed by atoms with Gasteiger partial charge in [0.15, 0.2) is 6.29 Å². The van der Waals surface area contributed by atoms with E-state index in [4.69, 9.17) is 18.9 Å². The summed E-state index contributed by atoms with van der Waals surface area (Å²) in [4.78, 5) is 38.6. The van der Waals surface area contributed by atoms with Crippen molar-refractivity contribution in [3.63, 3.8) is 0 Å². The van der Waals surface area contributed by atoms with Gasteiger partial charge in [0.2, 0.25) is 0 Å². The van der Waals surface area contributed by atoms with Crippen LogP contribution in [-0.2, 0) is 29.1 Å². The summed E-state index contributed by atoms with van der Waals surface area (Å²) >= 11 is 0. The molecule has 1 aliphatic heterocycles. The first-order valence-corrected chi connectivity index (χ1v) is 13.6. The van der Waals surface area contributed by atoms with E-state index in [0.717, 1.165) is 0 Å². The minimum atomic E-state index is -5.28. The number of ether oxygens (including phenoxy) is 4. The van der Waals surface area contributed by atoms with Gasteiger partial charge in [-0.2, -0.15) is 0 Å². The molecule has 11 nitrogen and oxygen atoms in total. The molecule has 1 amide bonds. The molecule has 0 bridgehead atoms. The molecule has 4 rings (SSSR count). The van der Waals surface area contributed by atoms with E-state index in [2.05, 4.69) is 5.32 Å². The van der Waals surface area contributed by atoms with Crippen LogP contribution in [0.15, 0.2) is 91.0 Å². The van der Waals surface area contributed by atoms with Crippen molar-refractivity contribution in [2.24, 2.45) is 0 Å². The summed E-state index contributed by atoms with van der Waals surface area (Å²) < 4.78 is 59.8. The molecule has 5 atom stereocenters. The molecule has 3 aromatic rings. The number of rotatable bonds is 9. The highest BCUT2D eigenvalue weighted by Crippen LogP contribution is 2.30. The highest BCUT2D eigenvalue weighted by molar-refractivity contribution is 7.86. The highest BCUT2D eigenvalue weighted by Gasteiger charge is 2.52. The smallest absolute Gasteiger partial charge is 0.338 e. The van der Waals surface area contributed by atoms with Gasteiger partial charge in [0.1, 0.15) is 40.2 Å². The molecule has 12 heteroatoms. The summed E-state index contributed by atoms with van der Waals surface area (Å²) in [7, 11) is -4.06. The Morgan fingerprint density at radius 3 is 1.82 bits per heavy atom. The van der Waals surface area contributed by atoms with Crippen molar-refractivity contribution < 1.29 is 46.3 Å². The molecule has 1 saturated heterocycles. The zero-order valence-electron chi connectivity index (χ0n) is 21.2. The van der Waals surface area contributed by atoms with Gasteiger partial charge in [0, 0.05) is 12.7 Å². The minimum absolute atomic E-state index is 0.0743. The van der Waals surface area contributed by atoms with Crippen LogP contribution in [0.4, 0.5) is 0 Å². The molecule has 1 heterocycles. The summed E-state index contributed by atoms with van der Waals surface area (Å²) in [5.41, 5.74) is 0.472. The van der Waals surface area contributed by atoms with Crippen molar-refractivity contribution in [1.29, 1.82) is 0 Å². The van der Waals surface area contributed by atoms with Crippen molar-refractivity contribution in [3.05, 3.63) is 108 Å². The summed E-state index contributed by atoms with van der Waals surface area (Å²) in [6.07, 6.45) is -4.76. The molecule has 1 fully saturated rings. The minimum Gasteiger partial charge on any atom is -0.748 e. The average molecular weight is 569 g/mol. The fourth-order valence-electron chi connectivity index (χ4n) is 4.29. The SMILES string of the molecule is CO[C@H]1O[C@H](COC(=O)c2ccccc2)[C@H](S(=O)(=O)[O-])[C@H](OC(=O)c2ccccc2)[C@H]1NC(=O)c1ccccc1. The van der Waals surface area contributed by atoms with Gasteiger partial charge < -0.3 is 28.8 Å². The highest BCUT2D eigenvalue weighted by atomic mass is 32.2. The van der Waals surface area contributed by atoms with E-state index >= 15 is 0 Å². The molecule has 0 aromatic heterocycles. The number of methoxy groups -OCH3 is 1. The van der Waals surface area contributed by atoms with Crippen LogP contribution in [0.3, 0.4) is 0 Å². The normalized spacial score (nSPS) is 22.6. The molecule has 3 aromatic carbocycles. The quantitative estimate of drug-likeness (QED) is 0.300. The van der Waals surface area contributed by atoms with E-state index in [1.54, 1.807) is 54.6 Å². The zero-order valence-corrected chi connectivity index (χ0v) is 22.1. The average Bonchev–Trinajstić information content (AvgIpc) is 2.97. The summed E-state index contributed by atoms with van der Waals surface area (Å²) in [5, 5.41) is 0.506. The Labute approximate surface area is 230 Å². The van der Waals surface area contributed by atoms with Crippen molar-refractivity contribution in [1.82, 2.24) is 5.32 Å². The van der Waals surface area contributed by atoms with Gasteiger partial charge in [-0.05, 0) is 36.4 Å². The van der Waals surface area contributed by atoms with Crippen LogP contribution >= 0.6 is 0 Å². The van der Waals surface area contributed by atoms with Gasteiger partial charge in [0.25, 0.3) is 5.91 Å². The summed E-state index contributed by atoms with van der Waals surface area (Å²) in [6.45, 7) is -0.682. The van der Waals surface area contributed by atoms with Crippen LogP contribution in [-0.4, -0.2) is 74.3 Å². The molecule has 0 saturated carbocycles. The summed E-state index contributed by atoms with van der Waals surface area (Å²) in [5.74, 6) is -2.40. The van der Waals surface area contributed by atoms with E-state index in [-0.39, 0.29) is 16.7 Å². The number of esters is 2. The van der Waals surface area contributed by atoms with Gasteiger partial charge >= 0.3 is 11.9 Å². The van der Waals surface area contributed by atoms with Crippen molar-refractivity contribution in [2.75, 3.05) is 13.7 Å². The molecule has 1 aliphatic rings. The molecule has 0 aliphatic carbocycles. The van der Waals surface area contributed by atoms with Gasteiger partial charge in [-0.1, -0.05) is 54.6 Å². The number of amides is 1. The first kappa shape index (κ1) is 28.9. The number of carbonyl (C=O) groups excluding carboxylic acids is 3. The molecular weight excluding hydrogens is 542 g/mol. The second-order valence-corrected chi connectivity index (χ2v) is 10.3. The maximum Gasteiger partial charge on any atom is 0.338 e. The monoisotopic (exact) mass is 568 g/mol. The van der Waals surface area contributed by atoms with Gasteiger partial charge in [0.05, 0.1) is 11.1 Å². The van der Waals surface area contributed by atoms with Crippen molar-refractivity contribution in [2.45, 2.75) is 29.8 Å². The second kappa shape index (κ2) is 12.8. The fraction of sp³-hybridized carbons (Fsp3) is 0.250. The van der Waals surface area contributed by atoms with Crippen LogP contribution in [0.2, 0.25) is 0 Å². The molecule has 0 radical (unpaired) electrons. The van der Waals surface area contributed by atoms with Gasteiger partial charge in [-0.25, -0.2) is 18.0 Å². The van der Waals surface area contributed by atoms with E-state index in [1.165, 1.54) is 43.5 Å². The number of carbonyl (C=O) groups is 3. The predicted molar refractivity (Wildman–Crippen MR) is 139 cm³/mol. The maximum atomic E-state index is 13.0. The Hall–Kier alpha value is -4.10. The second-order valence-electron chi connectivity index (χ2n) is 8.80. The first-order chi connectivity index (χ1) is 19.2. The van der Waals surface area contributed by atoms with Gasteiger partial charge in [-0.15, -0.1) is 0 Å².